The Morgan fingerprint density at radius 2 is 1.05 bits per heavy atom. The maximum atomic E-state index is 12.9. The number of nitrogens with two attached hydrogens (primary N) is 2. The fourth-order valence-electron chi connectivity index (χ4n) is 4.88. The summed E-state index contributed by atoms with van der Waals surface area (Å²) in [6.45, 7) is 2.57. The minimum absolute atomic E-state index is 0.239. The normalized spacial score (nSPS) is 11.6. The van der Waals surface area contributed by atoms with Gasteiger partial charge >= 0.3 is 5.69 Å². The van der Waals surface area contributed by atoms with Crippen LogP contribution < -0.4 is 22.7 Å². The summed E-state index contributed by atoms with van der Waals surface area (Å²) in [4.78, 5) is 50.3. The number of hydrogen-bond donors (Lipinski definition) is 2. The molecule has 5 aromatic heterocycles. The molecule has 0 aliphatic rings. The smallest absolute Gasteiger partial charge is 0.330 e. The average molecular weight is 547 g/mol. The van der Waals surface area contributed by atoms with E-state index in [1.54, 1.807) is 23.4 Å². The Morgan fingerprint density at radius 3 is 1.57 bits per heavy atom. The van der Waals surface area contributed by atoms with Crippen molar-refractivity contribution in [1.82, 2.24) is 48.2 Å². The molecule has 4 N–H and O–H groups in total. The standard InChI is InChI=1S/C26H34N12O2/c27-22-20-24(31-15-29-22)36(17-33-20)11-6-2-1-5-10-35-14-9-19(39)38(26(35)40)13-8-4-3-7-12-37-18-34-21-23(28)30-16-32-25(21)37/h9,14-18H,1-8,10-13H2,(H2,27,29,31)(H2,28,30,32). The summed E-state index contributed by atoms with van der Waals surface area (Å²) < 4.78 is 6.94. The van der Waals surface area contributed by atoms with E-state index in [2.05, 4.69) is 29.9 Å². The quantitative estimate of drug-likeness (QED) is 0.195. The van der Waals surface area contributed by atoms with Gasteiger partial charge in [0.05, 0.1) is 12.7 Å². The highest BCUT2D eigenvalue weighted by molar-refractivity contribution is 5.81. The van der Waals surface area contributed by atoms with Crippen LogP contribution in [0.15, 0.2) is 47.2 Å². The maximum Gasteiger partial charge on any atom is 0.330 e. The number of aryl methyl sites for hydroxylation is 3. The number of imidazole rings is 2. The summed E-state index contributed by atoms with van der Waals surface area (Å²) in [5, 5.41) is 0. The molecule has 5 rings (SSSR count). The highest BCUT2D eigenvalue weighted by Crippen LogP contribution is 2.16. The van der Waals surface area contributed by atoms with Crippen molar-refractivity contribution in [3.63, 3.8) is 0 Å². The zero-order valence-electron chi connectivity index (χ0n) is 22.4. The van der Waals surface area contributed by atoms with Gasteiger partial charge in [-0.15, -0.1) is 0 Å². The van der Waals surface area contributed by atoms with Crippen molar-refractivity contribution in [1.29, 1.82) is 0 Å². The lowest BCUT2D eigenvalue weighted by atomic mass is 10.2. The molecule has 14 heteroatoms. The van der Waals surface area contributed by atoms with Gasteiger partial charge in [0.15, 0.2) is 22.9 Å². The van der Waals surface area contributed by atoms with Crippen LogP contribution in [-0.4, -0.2) is 48.2 Å². The van der Waals surface area contributed by atoms with Gasteiger partial charge in [0, 0.05) is 38.4 Å². The monoisotopic (exact) mass is 546 g/mol. The van der Waals surface area contributed by atoms with Crippen molar-refractivity contribution in [2.45, 2.75) is 77.5 Å². The summed E-state index contributed by atoms with van der Waals surface area (Å²) in [6, 6.07) is 1.48. The Hall–Kier alpha value is -4.62. The number of rotatable bonds is 14. The summed E-state index contributed by atoms with van der Waals surface area (Å²) in [6.07, 6.45) is 15.3. The van der Waals surface area contributed by atoms with Crippen molar-refractivity contribution in [3.8, 4) is 0 Å². The zero-order chi connectivity index (χ0) is 27.9. The lowest BCUT2D eigenvalue weighted by Crippen LogP contribution is -2.39. The van der Waals surface area contributed by atoms with Crippen LogP contribution in [0.1, 0.15) is 51.4 Å². The van der Waals surface area contributed by atoms with E-state index in [1.165, 1.54) is 23.3 Å². The molecular formula is C26H34N12O2. The summed E-state index contributed by atoms with van der Waals surface area (Å²) in [5.41, 5.74) is 13.9. The Bertz CT molecular complexity index is 1700. The van der Waals surface area contributed by atoms with Gasteiger partial charge in [0.1, 0.15) is 23.7 Å². The van der Waals surface area contributed by atoms with Crippen molar-refractivity contribution in [2.24, 2.45) is 0 Å². The topological polar surface area (TPSA) is 183 Å². The molecule has 0 atom stereocenters. The Balaban J connectivity index is 1.02. The molecule has 5 aromatic rings. The van der Waals surface area contributed by atoms with Crippen LogP contribution in [0.3, 0.4) is 0 Å². The molecule has 0 amide bonds. The maximum absolute atomic E-state index is 12.9. The molecule has 0 radical (unpaired) electrons. The van der Waals surface area contributed by atoms with Crippen molar-refractivity contribution in [2.75, 3.05) is 11.5 Å². The van der Waals surface area contributed by atoms with E-state index in [0.29, 0.717) is 35.8 Å². The molecule has 0 unspecified atom stereocenters. The highest BCUT2D eigenvalue weighted by atomic mass is 16.2. The number of unbranched alkanes of at least 4 members (excludes halogenated alkanes) is 6. The molecule has 210 valence electrons. The first-order chi connectivity index (χ1) is 19.5. The molecular weight excluding hydrogens is 512 g/mol. The second-order valence-electron chi connectivity index (χ2n) is 9.85. The molecule has 0 saturated heterocycles. The second-order valence-corrected chi connectivity index (χ2v) is 9.85. The first-order valence-corrected chi connectivity index (χ1v) is 13.7. The van der Waals surface area contributed by atoms with E-state index in [4.69, 9.17) is 11.5 Å². The predicted octanol–water partition coefficient (Wildman–Crippen LogP) is 1.97. The van der Waals surface area contributed by atoms with Crippen LogP contribution in [0, 0.1) is 0 Å². The molecule has 0 saturated carbocycles. The number of nitrogen functional groups attached to an aromatic ring is 2. The Labute approximate surface area is 229 Å². The lowest BCUT2D eigenvalue weighted by molar-refractivity contribution is 0.484. The van der Waals surface area contributed by atoms with Crippen LogP contribution in [0.4, 0.5) is 11.6 Å². The zero-order valence-corrected chi connectivity index (χ0v) is 22.4. The molecule has 0 bridgehead atoms. The van der Waals surface area contributed by atoms with E-state index < -0.39 is 0 Å². The summed E-state index contributed by atoms with van der Waals surface area (Å²) >= 11 is 0. The molecule has 5 heterocycles. The fourth-order valence-corrected chi connectivity index (χ4v) is 4.88. The summed E-state index contributed by atoms with van der Waals surface area (Å²) in [7, 11) is 0. The number of anilines is 2. The second kappa shape index (κ2) is 12.5. The van der Waals surface area contributed by atoms with Gasteiger partial charge in [0.2, 0.25) is 0 Å². The van der Waals surface area contributed by atoms with Gasteiger partial charge in [-0.2, -0.15) is 0 Å². The first kappa shape index (κ1) is 27.0. The molecule has 0 spiro atoms. The van der Waals surface area contributed by atoms with Gasteiger partial charge in [-0.3, -0.25) is 9.36 Å². The third-order valence-electron chi connectivity index (χ3n) is 7.08. The Morgan fingerprint density at radius 1 is 0.575 bits per heavy atom. The van der Waals surface area contributed by atoms with Crippen LogP contribution in [0.2, 0.25) is 0 Å². The predicted molar refractivity (Wildman–Crippen MR) is 151 cm³/mol. The molecule has 40 heavy (non-hydrogen) atoms. The molecule has 0 fully saturated rings. The Kier molecular flexibility index (Phi) is 8.42. The fraction of sp³-hybridized carbons (Fsp3) is 0.462. The minimum atomic E-state index is -0.250. The van der Waals surface area contributed by atoms with Crippen LogP contribution in [0.25, 0.3) is 22.3 Å². The van der Waals surface area contributed by atoms with Gasteiger partial charge in [-0.1, -0.05) is 25.7 Å². The van der Waals surface area contributed by atoms with Gasteiger partial charge in [-0.05, 0) is 25.7 Å². The van der Waals surface area contributed by atoms with Crippen LogP contribution in [-0.2, 0) is 26.2 Å². The average Bonchev–Trinajstić information content (AvgIpc) is 3.56. The minimum Gasteiger partial charge on any atom is -0.382 e. The van der Waals surface area contributed by atoms with Crippen LogP contribution in [0.5, 0.6) is 0 Å². The largest absolute Gasteiger partial charge is 0.382 e. The summed E-state index contributed by atoms with van der Waals surface area (Å²) in [5.74, 6) is 0.765. The SMILES string of the molecule is Nc1ncnc2c1ncn2CCCCCCn1ccc(=O)n(CCCCCCn2cnc3c(N)ncnc32)c1=O. The van der Waals surface area contributed by atoms with E-state index in [1.807, 2.05) is 9.13 Å². The van der Waals surface area contributed by atoms with E-state index in [0.717, 1.165) is 75.8 Å². The van der Waals surface area contributed by atoms with Crippen molar-refractivity contribution >= 4 is 34.0 Å². The van der Waals surface area contributed by atoms with Gasteiger partial charge in [0.25, 0.3) is 5.56 Å². The number of fused-ring (bicyclic) bond motifs is 2. The van der Waals surface area contributed by atoms with E-state index >= 15 is 0 Å². The van der Waals surface area contributed by atoms with E-state index in [9.17, 15) is 9.59 Å². The molecule has 0 aromatic carbocycles. The highest BCUT2D eigenvalue weighted by Gasteiger charge is 2.09. The number of hydrogen-bond acceptors (Lipinski definition) is 10. The number of nitrogens with zero attached hydrogens (tertiary/aromatic N) is 10. The molecule has 14 nitrogen and oxygen atoms in total. The first-order valence-electron chi connectivity index (χ1n) is 13.7. The van der Waals surface area contributed by atoms with E-state index in [-0.39, 0.29) is 11.2 Å². The van der Waals surface area contributed by atoms with Gasteiger partial charge in [-0.25, -0.2) is 34.7 Å². The molecule has 0 aliphatic heterocycles. The lowest BCUT2D eigenvalue weighted by Gasteiger charge is -2.10. The van der Waals surface area contributed by atoms with Crippen LogP contribution >= 0.6 is 0 Å². The molecule has 0 aliphatic carbocycles. The third kappa shape index (κ3) is 6.00. The van der Waals surface area contributed by atoms with Gasteiger partial charge < -0.3 is 25.2 Å². The van der Waals surface area contributed by atoms with Crippen molar-refractivity contribution in [3.05, 3.63) is 58.4 Å². The number of aromatic nitrogens is 10. The van der Waals surface area contributed by atoms with Crippen molar-refractivity contribution < 1.29 is 0 Å². The third-order valence-corrected chi connectivity index (χ3v) is 7.08.